The van der Waals surface area contributed by atoms with Gasteiger partial charge in [0, 0.05) is 20.1 Å². The molecule has 34 heavy (non-hydrogen) atoms. The zero-order valence-corrected chi connectivity index (χ0v) is 20.7. The molecule has 0 aliphatic carbocycles. The van der Waals surface area contributed by atoms with Crippen LogP contribution in [0.2, 0.25) is 5.02 Å². The number of hydrogen-bond acceptors (Lipinski definition) is 5. The van der Waals surface area contributed by atoms with Crippen LogP contribution >= 0.6 is 22.9 Å². The number of methoxy groups -OCH3 is 1. The normalized spacial score (nSPS) is 15.3. The fourth-order valence-corrected chi connectivity index (χ4v) is 4.81. The minimum Gasteiger partial charge on any atom is -0.383 e. The van der Waals surface area contributed by atoms with Crippen LogP contribution in [0.3, 0.4) is 0 Å². The zero-order valence-electron chi connectivity index (χ0n) is 19.1. The summed E-state index contributed by atoms with van der Waals surface area (Å²) < 4.78 is 5.19. The van der Waals surface area contributed by atoms with Gasteiger partial charge in [0.1, 0.15) is 6.54 Å². The van der Waals surface area contributed by atoms with Gasteiger partial charge in [-0.25, -0.2) is 5.01 Å². The second-order valence-corrected chi connectivity index (χ2v) is 9.45. The smallest absolute Gasteiger partial charge is 0.262 e. The fraction of sp³-hybridized carbons (Fsp3) is 0.269. The quantitative estimate of drug-likeness (QED) is 0.432. The van der Waals surface area contributed by atoms with Crippen LogP contribution in [0.1, 0.15) is 38.8 Å². The Morgan fingerprint density at radius 1 is 1.15 bits per heavy atom. The molecule has 2 aromatic carbocycles. The molecular formula is C26H26ClN3O3S. The SMILES string of the molecule is COCCN(CC(=O)N1N=C(c2cccs2)C[C@H]1c1ccc(C)cc1)C(=O)c1ccccc1Cl. The van der Waals surface area contributed by atoms with Crippen LogP contribution in [0.5, 0.6) is 0 Å². The topological polar surface area (TPSA) is 62.2 Å². The van der Waals surface area contributed by atoms with E-state index in [2.05, 4.69) is 0 Å². The van der Waals surface area contributed by atoms with E-state index in [1.165, 1.54) is 9.91 Å². The third-order valence-corrected chi connectivity index (χ3v) is 6.96. The molecule has 1 aliphatic heterocycles. The van der Waals surface area contributed by atoms with Gasteiger partial charge in [-0.15, -0.1) is 11.3 Å². The van der Waals surface area contributed by atoms with Crippen LogP contribution in [0.25, 0.3) is 0 Å². The molecule has 3 aromatic rings. The molecule has 0 N–H and O–H groups in total. The molecule has 2 heterocycles. The summed E-state index contributed by atoms with van der Waals surface area (Å²) in [5.41, 5.74) is 3.38. The first-order valence-corrected chi connectivity index (χ1v) is 12.3. The highest BCUT2D eigenvalue weighted by Gasteiger charge is 2.35. The van der Waals surface area contributed by atoms with Crippen molar-refractivity contribution in [3.63, 3.8) is 0 Å². The maximum Gasteiger partial charge on any atom is 0.262 e. The number of halogens is 1. The summed E-state index contributed by atoms with van der Waals surface area (Å²) in [4.78, 5) is 29.3. The van der Waals surface area contributed by atoms with Crippen molar-refractivity contribution in [3.05, 3.63) is 92.6 Å². The summed E-state index contributed by atoms with van der Waals surface area (Å²) in [6.07, 6.45) is 0.617. The number of thiophene rings is 1. The Labute approximate surface area is 208 Å². The summed E-state index contributed by atoms with van der Waals surface area (Å²) in [7, 11) is 1.56. The van der Waals surface area contributed by atoms with Crippen LogP contribution in [-0.4, -0.2) is 54.2 Å². The Bertz CT molecular complexity index is 1180. The van der Waals surface area contributed by atoms with Crippen LogP contribution in [-0.2, 0) is 9.53 Å². The second-order valence-electron chi connectivity index (χ2n) is 8.09. The number of aryl methyl sites for hydroxylation is 1. The summed E-state index contributed by atoms with van der Waals surface area (Å²) in [5.74, 6) is -0.571. The van der Waals surface area contributed by atoms with Gasteiger partial charge in [0.25, 0.3) is 11.8 Å². The number of amides is 2. The predicted molar refractivity (Wildman–Crippen MR) is 135 cm³/mol. The first-order valence-electron chi connectivity index (χ1n) is 11.0. The lowest BCUT2D eigenvalue weighted by Crippen LogP contribution is -2.42. The zero-order chi connectivity index (χ0) is 24.1. The molecule has 0 bridgehead atoms. The highest BCUT2D eigenvalue weighted by molar-refractivity contribution is 7.12. The van der Waals surface area contributed by atoms with Crippen molar-refractivity contribution in [2.24, 2.45) is 5.10 Å². The van der Waals surface area contributed by atoms with Crippen LogP contribution in [0.4, 0.5) is 0 Å². The van der Waals surface area contributed by atoms with E-state index in [4.69, 9.17) is 21.4 Å². The predicted octanol–water partition coefficient (Wildman–Crippen LogP) is 5.18. The molecular weight excluding hydrogens is 470 g/mol. The first-order chi connectivity index (χ1) is 16.5. The number of rotatable bonds is 8. The molecule has 0 saturated carbocycles. The largest absolute Gasteiger partial charge is 0.383 e. The van der Waals surface area contributed by atoms with E-state index in [9.17, 15) is 9.59 Å². The molecule has 176 valence electrons. The van der Waals surface area contributed by atoms with Gasteiger partial charge in [-0.3, -0.25) is 9.59 Å². The Kier molecular flexibility index (Phi) is 7.77. The molecule has 1 aliphatic rings. The third-order valence-electron chi connectivity index (χ3n) is 5.72. The van der Waals surface area contributed by atoms with E-state index in [0.717, 1.165) is 21.7 Å². The average molecular weight is 496 g/mol. The van der Waals surface area contributed by atoms with E-state index in [1.54, 1.807) is 42.7 Å². The molecule has 1 atom stereocenters. The van der Waals surface area contributed by atoms with Crippen molar-refractivity contribution in [1.29, 1.82) is 0 Å². The number of nitrogens with zero attached hydrogens (tertiary/aromatic N) is 3. The van der Waals surface area contributed by atoms with Crippen molar-refractivity contribution in [1.82, 2.24) is 9.91 Å². The number of carbonyl (C=O) groups excluding carboxylic acids is 2. The van der Waals surface area contributed by atoms with Gasteiger partial charge >= 0.3 is 0 Å². The van der Waals surface area contributed by atoms with E-state index >= 15 is 0 Å². The Morgan fingerprint density at radius 2 is 1.91 bits per heavy atom. The minimum atomic E-state index is -0.315. The monoisotopic (exact) mass is 495 g/mol. The lowest BCUT2D eigenvalue weighted by atomic mass is 10.00. The van der Waals surface area contributed by atoms with Gasteiger partial charge in [0.05, 0.1) is 33.8 Å². The lowest BCUT2D eigenvalue weighted by Gasteiger charge is -2.27. The summed E-state index contributed by atoms with van der Waals surface area (Å²) in [6, 6.07) is 18.7. The van der Waals surface area contributed by atoms with Crippen molar-refractivity contribution in [3.8, 4) is 0 Å². The third kappa shape index (κ3) is 5.38. The number of benzene rings is 2. The summed E-state index contributed by atoms with van der Waals surface area (Å²) in [5, 5.41) is 8.58. The molecule has 8 heteroatoms. The van der Waals surface area contributed by atoms with Gasteiger partial charge in [-0.2, -0.15) is 5.10 Å². The van der Waals surface area contributed by atoms with Gasteiger partial charge < -0.3 is 9.64 Å². The van der Waals surface area contributed by atoms with Gasteiger partial charge in [-0.05, 0) is 36.1 Å². The van der Waals surface area contributed by atoms with E-state index in [0.29, 0.717) is 23.6 Å². The van der Waals surface area contributed by atoms with Crippen molar-refractivity contribution >= 4 is 40.5 Å². The van der Waals surface area contributed by atoms with Gasteiger partial charge in [-0.1, -0.05) is 59.6 Å². The maximum atomic E-state index is 13.6. The number of carbonyl (C=O) groups is 2. The fourth-order valence-electron chi connectivity index (χ4n) is 3.87. The molecule has 0 saturated heterocycles. The molecule has 2 amide bonds. The highest BCUT2D eigenvalue weighted by Crippen LogP contribution is 2.34. The number of ether oxygens (including phenoxy) is 1. The average Bonchev–Trinajstić information content (AvgIpc) is 3.52. The molecule has 4 rings (SSSR count). The van der Waals surface area contributed by atoms with Crippen molar-refractivity contribution in [2.45, 2.75) is 19.4 Å². The molecule has 0 unspecified atom stereocenters. The summed E-state index contributed by atoms with van der Waals surface area (Å²) in [6.45, 7) is 2.46. The van der Waals surface area contributed by atoms with E-state index in [-0.39, 0.29) is 30.9 Å². The van der Waals surface area contributed by atoms with Crippen molar-refractivity contribution in [2.75, 3.05) is 26.8 Å². The maximum absolute atomic E-state index is 13.6. The van der Waals surface area contributed by atoms with E-state index in [1.807, 2.05) is 48.7 Å². The molecule has 0 radical (unpaired) electrons. The molecule has 1 aromatic heterocycles. The van der Waals surface area contributed by atoms with Gasteiger partial charge in [0.2, 0.25) is 0 Å². The highest BCUT2D eigenvalue weighted by atomic mass is 35.5. The standard InChI is InChI=1S/C26H26ClN3O3S/c1-18-9-11-19(12-10-18)23-16-22(24-8-5-15-34-24)28-30(23)25(31)17-29(13-14-33-2)26(32)20-6-3-4-7-21(20)27/h3-12,15,23H,13-14,16-17H2,1-2H3/t23-/m0/s1. The van der Waals surface area contributed by atoms with Gasteiger partial charge in [0.15, 0.2) is 0 Å². The number of hydrazone groups is 1. The van der Waals surface area contributed by atoms with Crippen LogP contribution < -0.4 is 0 Å². The van der Waals surface area contributed by atoms with Crippen LogP contribution in [0, 0.1) is 6.92 Å². The molecule has 6 nitrogen and oxygen atoms in total. The van der Waals surface area contributed by atoms with Crippen molar-refractivity contribution < 1.29 is 14.3 Å². The Morgan fingerprint density at radius 3 is 2.59 bits per heavy atom. The minimum absolute atomic E-state index is 0.128. The molecule has 0 fully saturated rings. The Balaban J connectivity index is 1.61. The first kappa shape index (κ1) is 24.1. The second kappa shape index (κ2) is 11.0. The Hall–Kier alpha value is -3.00. The number of hydrogen-bond donors (Lipinski definition) is 0. The molecule has 0 spiro atoms. The van der Waals surface area contributed by atoms with E-state index < -0.39 is 0 Å². The summed E-state index contributed by atoms with van der Waals surface area (Å²) >= 11 is 7.86. The lowest BCUT2D eigenvalue weighted by molar-refractivity contribution is -0.133. The van der Waals surface area contributed by atoms with Crippen LogP contribution in [0.15, 0.2) is 71.1 Å².